The standard InChI is InChI=1S/C15H14F2N2O2/c1-8-3-4-13(21-2)10(5-8)15(20)19-14-11(17)6-9(16)7-12(14)18/h3-7H,18H2,1-2H3,(H,19,20). The third-order valence-electron chi connectivity index (χ3n) is 2.92. The molecule has 2 aromatic carbocycles. The van der Waals surface area contributed by atoms with E-state index in [0.717, 1.165) is 11.6 Å². The van der Waals surface area contributed by atoms with Crippen molar-refractivity contribution in [1.29, 1.82) is 0 Å². The van der Waals surface area contributed by atoms with Gasteiger partial charge >= 0.3 is 0 Å². The average molecular weight is 292 g/mol. The number of anilines is 2. The van der Waals surface area contributed by atoms with Crippen LogP contribution in [0.15, 0.2) is 30.3 Å². The molecule has 0 atom stereocenters. The number of nitrogens with one attached hydrogen (secondary N) is 1. The first kappa shape index (κ1) is 14.8. The minimum absolute atomic E-state index is 0.188. The van der Waals surface area contributed by atoms with E-state index in [1.54, 1.807) is 18.2 Å². The lowest BCUT2D eigenvalue weighted by Crippen LogP contribution is -2.16. The van der Waals surface area contributed by atoms with Crippen molar-refractivity contribution in [2.45, 2.75) is 6.92 Å². The van der Waals surface area contributed by atoms with Gasteiger partial charge in [0.15, 0.2) is 5.82 Å². The predicted octanol–water partition coefficient (Wildman–Crippen LogP) is 3.12. The third kappa shape index (κ3) is 3.10. The van der Waals surface area contributed by atoms with Gasteiger partial charge in [-0.25, -0.2) is 8.78 Å². The van der Waals surface area contributed by atoms with Gasteiger partial charge in [0.25, 0.3) is 5.91 Å². The Morgan fingerprint density at radius 3 is 2.57 bits per heavy atom. The van der Waals surface area contributed by atoms with Gasteiger partial charge in [-0.3, -0.25) is 4.79 Å². The number of nitrogens with two attached hydrogens (primary N) is 1. The largest absolute Gasteiger partial charge is 0.496 e. The summed E-state index contributed by atoms with van der Waals surface area (Å²) in [5.74, 6) is -1.99. The van der Waals surface area contributed by atoms with Crippen LogP contribution in [0.1, 0.15) is 15.9 Å². The Bertz CT molecular complexity index is 679. The molecule has 0 aromatic heterocycles. The number of carbonyl (C=O) groups excluding carboxylic acids is 1. The number of carbonyl (C=O) groups is 1. The van der Waals surface area contributed by atoms with Crippen molar-refractivity contribution in [3.8, 4) is 5.75 Å². The zero-order valence-electron chi connectivity index (χ0n) is 11.5. The highest BCUT2D eigenvalue weighted by atomic mass is 19.1. The lowest BCUT2D eigenvalue weighted by molar-refractivity contribution is 0.102. The number of methoxy groups -OCH3 is 1. The summed E-state index contributed by atoms with van der Waals surface area (Å²) in [6.07, 6.45) is 0. The fourth-order valence-electron chi connectivity index (χ4n) is 1.91. The minimum atomic E-state index is -0.938. The smallest absolute Gasteiger partial charge is 0.259 e. The van der Waals surface area contributed by atoms with Gasteiger partial charge in [0.1, 0.15) is 17.3 Å². The van der Waals surface area contributed by atoms with E-state index < -0.39 is 17.5 Å². The first-order valence-electron chi connectivity index (χ1n) is 6.13. The maximum absolute atomic E-state index is 13.7. The van der Waals surface area contributed by atoms with Crippen molar-refractivity contribution in [3.63, 3.8) is 0 Å². The molecule has 2 rings (SSSR count). The van der Waals surface area contributed by atoms with E-state index >= 15 is 0 Å². The number of nitrogen functional groups attached to an aromatic ring is 1. The van der Waals surface area contributed by atoms with Crippen LogP contribution in [0.4, 0.5) is 20.2 Å². The van der Waals surface area contributed by atoms with Crippen LogP contribution < -0.4 is 15.8 Å². The monoisotopic (exact) mass is 292 g/mol. The fourth-order valence-corrected chi connectivity index (χ4v) is 1.91. The Balaban J connectivity index is 2.37. The van der Waals surface area contributed by atoms with E-state index in [0.29, 0.717) is 11.8 Å². The van der Waals surface area contributed by atoms with Gasteiger partial charge in [-0.15, -0.1) is 0 Å². The molecule has 4 nitrogen and oxygen atoms in total. The molecular weight excluding hydrogens is 278 g/mol. The molecule has 0 unspecified atom stereocenters. The molecule has 0 aliphatic carbocycles. The highest BCUT2D eigenvalue weighted by Gasteiger charge is 2.17. The van der Waals surface area contributed by atoms with E-state index in [-0.39, 0.29) is 16.9 Å². The van der Waals surface area contributed by atoms with Gasteiger partial charge < -0.3 is 15.8 Å². The van der Waals surface area contributed by atoms with Gasteiger partial charge in [-0.1, -0.05) is 11.6 Å². The first-order chi connectivity index (χ1) is 9.92. The van der Waals surface area contributed by atoms with E-state index in [1.807, 2.05) is 6.92 Å². The second-order valence-corrected chi connectivity index (χ2v) is 4.51. The van der Waals surface area contributed by atoms with E-state index in [9.17, 15) is 13.6 Å². The lowest BCUT2D eigenvalue weighted by atomic mass is 10.1. The summed E-state index contributed by atoms with van der Waals surface area (Å²) in [7, 11) is 1.42. The molecule has 0 aliphatic rings. The number of amides is 1. The van der Waals surface area contributed by atoms with Gasteiger partial charge in [0, 0.05) is 6.07 Å². The number of halogens is 2. The maximum Gasteiger partial charge on any atom is 0.259 e. The minimum Gasteiger partial charge on any atom is -0.496 e. The second-order valence-electron chi connectivity index (χ2n) is 4.51. The molecule has 0 saturated carbocycles. The van der Waals surface area contributed by atoms with Crippen LogP contribution in [0.25, 0.3) is 0 Å². The predicted molar refractivity (Wildman–Crippen MR) is 76.5 cm³/mol. The normalized spacial score (nSPS) is 10.3. The SMILES string of the molecule is COc1ccc(C)cc1C(=O)Nc1c(N)cc(F)cc1F. The summed E-state index contributed by atoms with van der Waals surface area (Å²) in [4.78, 5) is 12.2. The summed E-state index contributed by atoms with van der Waals surface area (Å²) >= 11 is 0. The second kappa shape index (κ2) is 5.78. The highest BCUT2D eigenvalue weighted by molar-refractivity contribution is 6.07. The number of benzene rings is 2. The Labute approximate surface area is 120 Å². The molecule has 110 valence electrons. The van der Waals surface area contributed by atoms with Gasteiger partial charge in [-0.05, 0) is 25.1 Å². The topological polar surface area (TPSA) is 64.3 Å². The average Bonchev–Trinajstić information content (AvgIpc) is 2.42. The molecule has 3 N–H and O–H groups in total. The Hall–Kier alpha value is -2.63. The van der Waals surface area contributed by atoms with Crippen LogP contribution in [0.2, 0.25) is 0 Å². The molecule has 0 aliphatic heterocycles. The zero-order chi connectivity index (χ0) is 15.6. The summed E-state index contributed by atoms with van der Waals surface area (Å²) in [5.41, 5.74) is 6.15. The van der Waals surface area contributed by atoms with E-state index in [4.69, 9.17) is 10.5 Å². The van der Waals surface area contributed by atoms with Gasteiger partial charge in [0.2, 0.25) is 0 Å². The number of hydrogen-bond acceptors (Lipinski definition) is 3. The molecule has 0 saturated heterocycles. The van der Waals surface area contributed by atoms with Crippen molar-refractivity contribution in [2.24, 2.45) is 0 Å². The molecule has 2 aromatic rings. The fraction of sp³-hybridized carbons (Fsp3) is 0.133. The van der Waals surface area contributed by atoms with Crippen LogP contribution in [0, 0.1) is 18.6 Å². The van der Waals surface area contributed by atoms with Crippen molar-refractivity contribution in [3.05, 3.63) is 53.1 Å². The molecule has 21 heavy (non-hydrogen) atoms. The van der Waals surface area contributed by atoms with Gasteiger partial charge in [-0.2, -0.15) is 0 Å². The summed E-state index contributed by atoms with van der Waals surface area (Å²) in [5, 5.41) is 2.34. The molecule has 1 amide bonds. The zero-order valence-corrected chi connectivity index (χ0v) is 11.5. The van der Waals surface area contributed by atoms with E-state index in [1.165, 1.54) is 7.11 Å². The quantitative estimate of drug-likeness (QED) is 0.854. The maximum atomic E-state index is 13.7. The molecule has 0 radical (unpaired) electrons. The molecule has 6 heteroatoms. The summed E-state index contributed by atoms with van der Waals surface area (Å²) in [6, 6.07) is 6.61. The van der Waals surface area contributed by atoms with Crippen molar-refractivity contribution in [1.82, 2.24) is 0 Å². The Kier molecular flexibility index (Phi) is 4.07. The van der Waals surface area contributed by atoms with Gasteiger partial charge in [0.05, 0.1) is 18.4 Å². The van der Waals surface area contributed by atoms with Crippen LogP contribution in [0.5, 0.6) is 5.75 Å². The number of ether oxygens (including phenoxy) is 1. The van der Waals surface area contributed by atoms with Crippen molar-refractivity contribution >= 4 is 17.3 Å². The van der Waals surface area contributed by atoms with Crippen LogP contribution in [-0.2, 0) is 0 Å². The molecule has 0 fully saturated rings. The number of rotatable bonds is 3. The molecule has 0 bridgehead atoms. The molecule has 0 spiro atoms. The van der Waals surface area contributed by atoms with E-state index in [2.05, 4.69) is 5.32 Å². The third-order valence-corrected chi connectivity index (χ3v) is 2.92. The highest BCUT2D eigenvalue weighted by Crippen LogP contribution is 2.26. The van der Waals surface area contributed by atoms with Crippen LogP contribution >= 0.6 is 0 Å². The summed E-state index contributed by atoms with van der Waals surface area (Å²) < 4.78 is 31.8. The van der Waals surface area contributed by atoms with Crippen molar-refractivity contribution in [2.75, 3.05) is 18.2 Å². The van der Waals surface area contributed by atoms with Crippen LogP contribution in [0.3, 0.4) is 0 Å². The molecular formula is C15H14F2N2O2. The number of aryl methyl sites for hydroxylation is 1. The molecule has 0 heterocycles. The first-order valence-corrected chi connectivity index (χ1v) is 6.13. The summed E-state index contributed by atoms with van der Waals surface area (Å²) in [6.45, 7) is 1.81. The lowest BCUT2D eigenvalue weighted by Gasteiger charge is -2.12. The Morgan fingerprint density at radius 2 is 1.95 bits per heavy atom. The van der Waals surface area contributed by atoms with Crippen LogP contribution in [-0.4, -0.2) is 13.0 Å². The Morgan fingerprint density at radius 1 is 1.24 bits per heavy atom. The van der Waals surface area contributed by atoms with Crippen molar-refractivity contribution < 1.29 is 18.3 Å². The number of hydrogen-bond donors (Lipinski definition) is 2.